The number of allylic oxidation sites excluding steroid dienone is 12. The first-order valence-corrected chi connectivity index (χ1v) is 16.2. The van der Waals surface area contributed by atoms with Crippen LogP contribution in [0.4, 0.5) is 0 Å². The van der Waals surface area contributed by atoms with E-state index in [0.717, 1.165) is 0 Å². The van der Waals surface area contributed by atoms with Crippen LogP contribution in [0.3, 0.4) is 0 Å². The van der Waals surface area contributed by atoms with Gasteiger partial charge >= 0.3 is 0 Å². The Bertz CT molecular complexity index is 1620. The Kier molecular flexibility index (Phi) is 17.6. The van der Waals surface area contributed by atoms with Crippen molar-refractivity contribution in [3.63, 3.8) is 0 Å². The third-order valence-electron chi connectivity index (χ3n) is 7.38. The summed E-state index contributed by atoms with van der Waals surface area (Å²) in [4.78, 5) is 0. The van der Waals surface area contributed by atoms with Crippen LogP contribution in [0.25, 0.3) is 22.8 Å². The van der Waals surface area contributed by atoms with Gasteiger partial charge in [0.05, 0.1) is 0 Å². The molecule has 0 saturated heterocycles. The molecule has 0 spiro atoms. The summed E-state index contributed by atoms with van der Waals surface area (Å²) in [5.41, 5.74) is 11.5. The molecule has 46 heavy (non-hydrogen) atoms. The lowest BCUT2D eigenvalue weighted by Crippen LogP contribution is -1.93. The molecule has 1 atom stereocenters. The maximum atomic E-state index is 3.79. The van der Waals surface area contributed by atoms with Crippen molar-refractivity contribution in [2.75, 3.05) is 0 Å². The summed E-state index contributed by atoms with van der Waals surface area (Å²) >= 11 is 0. The van der Waals surface area contributed by atoms with Gasteiger partial charge in [0, 0.05) is 0 Å². The highest BCUT2D eigenvalue weighted by molar-refractivity contribution is 5.74. The van der Waals surface area contributed by atoms with Gasteiger partial charge < -0.3 is 0 Å². The van der Waals surface area contributed by atoms with Gasteiger partial charge in [-0.2, -0.15) is 0 Å². The normalized spacial score (nSPS) is 12.6. The topological polar surface area (TPSA) is 0 Å². The monoisotopic (exact) mass is 604 g/mol. The number of rotatable bonds is 9. The van der Waals surface area contributed by atoms with Crippen LogP contribution in [0, 0.1) is 26.7 Å². The van der Waals surface area contributed by atoms with Crippen molar-refractivity contribution in [2.45, 2.75) is 48.5 Å². The van der Waals surface area contributed by atoms with Gasteiger partial charge in [-0.1, -0.05) is 195 Å². The van der Waals surface area contributed by atoms with Crippen LogP contribution in [0.2, 0.25) is 0 Å². The molecular formula is C46H52. The Morgan fingerprint density at radius 3 is 1.78 bits per heavy atom. The minimum atomic E-state index is 0.361. The molecule has 0 radical (unpaired) electrons. The summed E-state index contributed by atoms with van der Waals surface area (Å²) in [5.74, 6) is 0.361. The third-order valence-corrected chi connectivity index (χ3v) is 7.38. The fourth-order valence-corrected chi connectivity index (χ4v) is 4.57. The summed E-state index contributed by atoms with van der Waals surface area (Å²) in [5, 5.41) is 0. The Balaban J connectivity index is 0.000000253. The molecule has 236 valence electrons. The second-order valence-corrected chi connectivity index (χ2v) is 11.1. The van der Waals surface area contributed by atoms with E-state index >= 15 is 0 Å². The van der Waals surface area contributed by atoms with Gasteiger partial charge in [0.25, 0.3) is 0 Å². The van der Waals surface area contributed by atoms with Crippen molar-refractivity contribution in [1.29, 1.82) is 0 Å². The molecule has 0 aromatic heterocycles. The van der Waals surface area contributed by atoms with Crippen molar-refractivity contribution in [1.82, 2.24) is 0 Å². The smallest absolute Gasteiger partial charge is 0.000723 e. The fourth-order valence-electron chi connectivity index (χ4n) is 4.57. The molecule has 0 amide bonds. The number of hydrogen-bond donors (Lipinski definition) is 0. The minimum Gasteiger partial charge on any atom is -0.0991 e. The molecular weight excluding hydrogens is 553 g/mol. The molecule has 1 unspecified atom stereocenters. The molecule has 0 aliphatic heterocycles. The number of benzene rings is 4. The largest absolute Gasteiger partial charge is 0.0991 e. The van der Waals surface area contributed by atoms with Gasteiger partial charge in [-0.05, 0) is 86.4 Å². The molecule has 4 aromatic carbocycles. The van der Waals surface area contributed by atoms with E-state index in [0.29, 0.717) is 5.92 Å². The molecule has 0 nitrogen and oxygen atoms in total. The van der Waals surface area contributed by atoms with E-state index in [1.54, 1.807) is 0 Å². The van der Waals surface area contributed by atoms with Crippen LogP contribution in [-0.2, 0) is 0 Å². The van der Waals surface area contributed by atoms with E-state index in [-0.39, 0.29) is 0 Å². The molecule has 0 bridgehead atoms. The van der Waals surface area contributed by atoms with Crippen molar-refractivity contribution < 1.29 is 0 Å². The average molecular weight is 605 g/mol. The number of hydrogen-bond acceptors (Lipinski definition) is 0. The zero-order valence-electron chi connectivity index (χ0n) is 29.0. The summed E-state index contributed by atoms with van der Waals surface area (Å²) in [6.07, 6.45) is 22.9. The highest BCUT2D eigenvalue weighted by Gasteiger charge is 2.02. The van der Waals surface area contributed by atoms with Crippen molar-refractivity contribution in [3.8, 4) is 11.1 Å². The van der Waals surface area contributed by atoms with Crippen LogP contribution < -0.4 is 0 Å². The Morgan fingerprint density at radius 1 is 0.630 bits per heavy atom. The first-order chi connectivity index (χ1) is 22.3. The molecule has 0 aliphatic carbocycles. The molecule has 0 N–H and O–H groups in total. The predicted octanol–water partition coefficient (Wildman–Crippen LogP) is 13.5. The zero-order chi connectivity index (χ0) is 33.6. The Labute approximate surface area is 280 Å². The maximum absolute atomic E-state index is 3.79. The molecule has 0 heterocycles. The standard InChI is InChI=1S/C21H26.C13H12.C12H14/c1-6-9-20(10-7-2)18(5)13-16-19(8-3)21-14-11-17(4)12-15-21;1-11-7-9-13(10-8-11)12-5-3-2-4-6-12;1-3-4-5-9-12-10-7-6-8-11(12)2/h6-16,18H,1H2,2-5H3;2-10H,1H3;3-10H,1-2H3/b10-7-,16-13-,19-8+,20-9+;;4-3+,9-5-. The van der Waals surface area contributed by atoms with E-state index in [4.69, 9.17) is 0 Å². The average Bonchev–Trinajstić information content (AvgIpc) is 3.08. The van der Waals surface area contributed by atoms with Gasteiger partial charge in [-0.25, -0.2) is 0 Å². The van der Waals surface area contributed by atoms with Gasteiger partial charge in [0.1, 0.15) is 0 Å². The van der Waals surface area contributed by atoms with Gasteiger partial charge in [0.15, 0.2) is 0 Å². The first-order valence-electron chi connectivity index (χ1n) is 16.2. The van der Waals surface area contributed by atoms with E-state index in [1.807, 2.05) is 38.1 Å². The fraction of sp³-hybridized carbons (Fsp3) is 0.174. The second kappa shape index (κ2) is 21.7. The molecule has 4 aromatic rings. The summed E-state index contributed by atoms with van der Waals surface area (Å²) in [6, 6.07) is 36.0. The van der Waals surface area contributed by atoms with E-state index < -0.39 is 0 Å². The molecule has 0 heteroatoms. The maximum Gasteiger partial charge on any atom is -0.000723 e. The Hall–Kier alpha value is -4.94. The van der Waals surface area contributed by atoms with Crippen LogP contribution in [-0.4, -0.2) is 0 Å². The highest BCUT2D eigenvalue weighted by Crippen LogP contribution is 2.21. The van der Waals surface area contributed by atoms with E-state index in [2.05, 4.69) is 187 Å². The van der Waals surface area contributed by atoms with Crippen LogP contribution >= 0.6 is 0 Å². The van der Waals surface area contributed by atoms with E-state index in [1.165, 1.54) is 50.1 Å². The SMILES string of the molecule is C/C=C/C=C\c1ccccc1C.C=C/C=C(\C=C/C)C(C)/C=C\C(=C/C)c1ccc(C)cc1.Cc1ccc(-c2ccccc2)cc1. The van der Waals surface area contributed by atoms with Crippen molar-refractivity contribution in [3.05, 3.63) is 204 Å². The Morgan fingerprint density at radius 2 is 1.22 bits per heavy atom. The zero-order valence-corrected chi connectivity index (χ0v) is 29.0. The lowest BCUT2D eigenvalue weighted by Gasteiger charge is -2.09. The van der Waals surface area contributed by atoms with Gasteiger partial charge in [0.2, 0.25) is 0 Å². The van der Waals surface area contributed by atoms with Crippen LogP contribution in [0.5, 0.6) is 0 Å². The van der Waals surface area contributed by atoms with E-state index in [9.17, 15) is 0 Å². The van der Waals surface area contributed by atoms with Crippen molar-refractivity contribution in [2.24, 2.45) is 5.92 Å². The lowest BCUT2D eigenvalue weighted by molar-refractivity contribution is 0.891. The molecule has 4 rings (SSSR count). The first kappa shape index (κ1) is 37.2. The van der Waals surface area contributed by atoms with Gasteiger partial charge in [-0.3, -0.25) is 0 Å². The summed E-state index contributed by atoms with van der Waals surface area (Å²) in [6.45, 7) is 18.5. The molecule has 0 saturated carbocycles. The summed E-state index contributed by atoms with van der Waals surface area (Å²) in [7, 11) is 0. The van der Waals surface area contributed by atoms with Crippen LogP contribution in [0.15, 0.2) is 176 Å². The quantitative estimate of drug-likeness (QED) is 0.167. The van der Waals surface area contributed by atoms with Gasteiger partial charge in [-0.15, -0.1) is 0 Å². The molecule has 0 fully saturated rings. The predicted molar refractivity (Wildman–Crippen MR) is 208 cm³/mol. The van der Waals surface area contributed by atoms with Crippen LogP contribution in [0.1, 0.15) is 55.5 Å². The third kappa shape index (κ3) is 13.8. The summed E-state index contributed by atoms with van der Waals surface area (Å²) < 4.78 is 0. The lowest BCUT2D eigenvalue weighted by atomic mass is 9.97. The minimum absolute atomic E-state index is 0.361. The van der Waals surface area contributed by atoms with Crippen molar-refractivity contribution >= 4 is 11.6 Å². The number of aryl methyl sites for hydroxylation is 3. The highest BCUT2D eigenvalue weighted by atomic mass is 14.1. The second-order valence-electron chi connectivity index (χ2n) is 11.1. The molecule has 0 aliphatic rings.